The molecule has 1 aliphatic rings. The van der Waals surface area contributed by atoms with E-state index < -0.39 is 12.1 Å². The average Bonchev–Trinajstić information content (AvgIpc) is 2.57. The summed E-state index contributed by atoms with van der Waals surface area (Å²) in [5.74, 6) is -0.341. The van der Waals surface area contributed by atoms with Crippen molar-refractivity contribution in [2.75, 3.05) is 0 Å². The fourth-order valence-electron chi connectivity index (χ4n) is 1.87. The Morgan fingerprint density at radius 1 is 1.47 bits per heavy atom. The molecule has 0 amide bonds. The number of thiol groups is 1. The second kappa shape index (κ2) is 3.73. The largest absolute Gasteiger partial charge is 0.392 e. The van der Waals surface area contributed by atoms with Gasteiger partial charge in [0.2, 0.25) is 0 Å². The first-order valence-corrected chi connectivity index (χ1v) is 5.29. The fraction of sp³-hybridized carbons (Fsp3) is 0.667. The maximum atomic E-state index is 12.5. The Labute approximate surface area is 90.2 Å². The molecule has 1 aliphatic carbocycles. The molecule has 0 N–H and O–H groups in total. The summed E-state index contributed by atoms with van der Waals surface area (Å²) in [5.41, 5.74) is 1.15. The average molecular weight is 237 g/mol. The lowest BCUT2D eigenvalue weighted by Crippen LogP contribution is -2.28. The quantitative estimate of drug-likeness (QED) is 0.760. The molecule has 6 heteroatoms. The van der Waals surface area contributed by atoms with Crippen molar-refractivity contribution in [3.05, 3.63) is 17.0 Å². The zero-order chi connectivity index (χ0) is 11.1. The van der Waals surface area contributed by atoms with E-state index in [0.29, 0.717) is 29.2 Å². The van der Waals surface area contributed by atoms with Crippen molar-refractivity contribution in [1.29, 1.82) is 0 Å². The van der Waals surface area contributed by atoms with Gasteiger partial charge in [-0.1, -0.05) is 5.16 Å². The number of aryl methyl sites for hydroxylation is 1. The predicted molar refractivity (Wildman–Crippen MR) is 50.8 cm³/mol. The van der Waals surface area contributed by atoms with Gasteiger partial charge < -0.3 is 4.52 Å². The van der Waals surface area contributed by atoms with Crippen LogP contribution in [0, 0.1) is 5.92 Å². The highest BCUT2D eigenvalue weighted by Gasteiger charge is 2.42. The van der Waals surface area contributed by atoms with E-state index >= 15 is 0 Å². The lowest BCUT2D eigenvalue weighted by Gasteiger charge is -2.23. The number of halogens is 3. The highest BCUT2D eigenvalue weighted by atomic mass is 32.1. The monoisotopic (exact) mass is 237 g/mol. The number of fused-ring (bicyclic) bond motifs is 1. The zero-order valence-corrected chi connectivity index (χ0v) is 8.74. The maximum Gasteiger partial charge on any atom is 0.392 e. The third-order valence-electron chi connectivity index (χ3n) is 2.73. The minimum atomic E-state index is -4.12. The summed E-state index contributed by atoms with van der Waals surface area (Å²) < 4.78 is 42.5. The fourth-order valence-corrected chi connectivity index (χ4v) is 2.12. The smallest absolute Gasteiger partial charge is 0.361 e. The van der Waals surface area contributed by atoms with Crippen LogP contribution in [-0.4, -0.2) is 11.3 Å². The molecule has 0 fully saturated rings. The highest BCUT2D eigenvalue weighted by Crippen LogP contribution is 2.38. The number of aromatic nitrogens is 1. The molecular weight excluding hydrogens is 227 g/mol. The summed E-state index contributed by atoms with van der Waals surface area (Å²) in [4.78, 5) is 0. The summed E-state index contributed by atoms with van der Waals surface area (Å²) >= 11 is 4.01. The van der Waals surface area contributed by atoms with E-state index in [4.69, 9.17) is 4.52 Å². The van der Waals surface area contributed by atoms with E-state index in [0.717, 1.165) is 0 Å². The van der Waals surface area contributed by atoms with Crippen LogP contribution in [0.2, 0.25) is 0 Å². The van der Waals surface area contributed by atoms with Crippen LogP contribution in [-0.2, 0) is 18.6 Å². The molecule has 0 bridgehead atoms. The van der Waals surface area contributed by atoms with Crippen molar-refractivity contribution in [3.63, 3.8) is 0 Å². The summed E-state index contributed by atoms with van der Waals surface area (Å²) in [6.45, 7) is 0. The van der Waals surface area contributed by atoms with E-state index in [2.05, 4.69) is 17.8 Å². The molecule has 0 saturated heterocycles. The van der Waals surface area contributed by atoms with Gasteiger partial charge in [-0.3, -0.25) is 0 Å². The zero-order valence-electron chi connectivity index (χ0n) is 7.84. The standard InChI is InChI=1S/C9H10F3NOS/c10-9(11,12)5-1-2-8-6(3-5)7(4-15)13-14-8/h5,15H,1-4H2. The number of nitrogens with zero attached hydrogens (tertiary/aromatic N) is 1. The number of alkyl halides is 3. The van der Waals surface area contributed by atoms with Gasteiger partial charge in [0.1, 0.15) is 5.76 Å². The first-order chi connectivity index (χ1) is 7.02. The molecule has 1 heterocycles. The molecule has 84 valence electrons. The Morgan fingerprint density at radius 2 is 2.20 bits per heavy atom. The van der Waals surface area contributed by atoms with Crippen molar-refractivity contribution in [1.82, 2.24) is 5.16 Å². The van der Waals surface area contributed by atoms with Crippen molar-refractivity contribution >= 4 is 12.6 Å². The van der Waals surface area contributed by atoms with Crippen molar-refractivity contribution in [3.8, 4) is 0 Å². The lowest BCUT2D eigenvalue weighted by molar-refractivity contribution is -0.177. The molecule has 2 nitrogen and oxygen atoms in total. The van der Waals surface area contributed by atoms with Gasteiger partial charge in [-0.15, -0.1) is 0 Å². The van der Waals surface area contributed by atoms with Gasteiger partial charge in [0.25, 0.3) is 0 Å². The van der Waals surface area contributed by atoms with Crippen LogP contribution in [0.3, 0.4) is 0 Å². The van der Waals surface area contributed by atoms with E-state index in [1.165, 1.54) is 0 Å². The lowest BCUT2D eigenvalue weighted by atomic mass is 9.86. The first kappa shape index (κ1) is 10.9. The van der Waals surface area contributed by atoms with Crippen LogP contribution in [0.15, 0.2) is 4.52 Å². The molecule has 0 saturated carbocycles. The second-order valence-corrected chi connectivity index (χ2v) is 3.99. The van der Waals surface area contributed by atoms with Gasteiger partial charge in [-0.25, -0.2) is 0 Å². The summed E-state index contributed by atoms with van der Waals surface area (Å²) in [5, 5.41) is 3.71. The van der Waals surface area contributed by atoms with Crippen molar-refractivity contribution in [2.24, 2.45) is 5.92 Å². The number of hydrogen-bond donors (Lipinski definition) is 1. The van der Waals surface area contributed by atoms with Crippen LogP contribution in [0.25, 0.3) is 0 Å². The SMILES string of the molecule is FC(F)(F)C1CCc2onc(CS)c2C1. The van der Waals surface area contributed by atoms with Crippen molar-refractivity contribution in [2.45, 2.75) is 31.2 Å². The van der Waals surface area contributed by atoms with Crippen molar-refractivity contribution < 1.29 is 17.7 Å². The minimum absolute atomic E-state index is 0.0156. The van der Waals surface area contributed by atoms with E-state index in [-0.39, 0.29) is 12.8 Å². The van der Waals surface area contributed by atoms with E-state index in [9.17, 15) is 13.2 Å². The van der Waals surface area contributed by atoms with Crippen LogP contribution in [0.5, 0.6) is 0 Å². The molecule has 2 rings (SSSR count). The normalized spacial score (nSPS) is 21.5. The van der Waals surface area contributed by atoms with Crippen LogP contribution >= 0.6 is 12.6 Å². The molecule has 1 aromatic heterocycles. The Hall–Kier alpha value is -0.650. The Balaban J connectivity index is 2.25. The Bertz CT molecular complexity index is 347. The van der Waals surface area contributed by atoms with Gasteiger partial charge in [0, 0.05) is 17.7 Å². The molecule has 15 heavy (non-hydrogen) atoms. The molecule has 0 aromatic carbocycles. The molecule has 1 unspecified atom stereocenters. The molecular formula is C9H10F3NOS. The van der Waals surface area contributed by atoms with E-state index in [1.807, 2.05) is 0 Å². The van der Waals surface area contributed by atoms with Gasteiger partial charge in [0.15, 0.2) is 0 Å². The molecule has 1 aromatic rings. The van der Waals surface area contributed by atoms with Crippen LogP contribution in [0.4, 0.5) is 13.2 Å². The summed E-state index contributed by atoms with van der Waals surface area (Å²) in [6, 6.07) is 0. The molecule has 1 atom stereocenters. The van der Waals surface area contributed by atoms with E-state index in [1.54, 1.807) is 0 Å². The van der Waals surface area contributed by atoms with Gasteiger partial charge in [-0.05, 0) is 12.8 Å². The third-order valence-corrected chi connectivity index (χ3v) is 3.03. The topological polar surface area (TPSA) is 26.0 Å². The van der Waals surface area contributed by atoms with Gasteiger partial charge in [-0.2, -0.15) is 25.8 Å². The number of rotatable bonds is 1. The Kier molecular flexibility index (Phi) is 2.70. The third kappa shape index (κ3) is 2.00. The number of hydrogen-bond acceptors (Lipinski definition) is 3. The van der Waals surface area contributed by atoms with Gasteiger partial charge >= 0.3 is 6.18 Å². The predicted octanol–water partition coefficient (Wildman–Crippen LogP) is 2.77. The highest BCUT2D eigenvalue weighted by molar-refractivity contribution is 7.79. The molecule has 0 radical (unpaired) electrons. The molecule has 0 aliphatic heterocycles. The Morgan fingerprint density at radius 3 is 2.80 bits per heavy atom. The van der Waals surface area contributed by atoms with Gasteiger partial charge in [0.05, 0.1) is 11.6 Å². The van der Waals surface area contributed by atoms with Crippen LogP contribution in [0.1, 0.15) is 23.4 Å². The second-order valence-electron chi connectivity index (χ2n) is 3.67. The summed E-state index contributed by atoms with van der Waals surface area (Å²) in [6.07, 6.45) is -3.72. The molecule has 0 spiro atoms. The maximum absolute atomic E-state index is 12.5. The summed E-state index contributed by atoms with van der Waals surface area (Å²) in [7, 11) is 0. The van der Waals surface area contributed by atoms with Crippen LogP contribution < -0.4 is 0 Å². The first-order valence-electron chi connectivity index (χ1n) is 4.66. The minimum Gasteiger partial charge on any atom is -0.361 e.